The average Bonchev–Trinajstić information content (AvgIpc) is 2.94. The second-order valence-electron chi connectivity index (χ2n) is 6.77. The number of amides is 2. The quantitative estimate of drug-likeness (QED) is 0.879. The minimum Gasteiger partial charge on any atom is -0.339 e. The van der Waals surface area contributed by atoms with E-state index in [2.05, 4.69) is 0 Å². The van der Waals surface area contributed by atoms with Crippen LogP contribution < -0.4 is 5.73 Å². The summed E-state index contributed by atoms with van der Waals surface area (Å²) in [6.07, 6.45) is 1.26. The lowest BCUT2D eigenvalue weighted by Gasteiger charge is -2.25. The van der Waals surface area contributed by atoms with Crippen LogP contribution in [0.25, 0.3) is 0 Å². The van der Waals surface area contributed by atoms with Crippen LogP contribution in [-0.2, 0) is 11.2 Å². The molecule has 2 aromatic rings. The van der Waals surface area contributed by atoms with Crippen molar-refractivity contribution in [3.63, 3.8) is 0 Å². The first-order valence-corrected chi connectivity index (χ1v) is 9.55. The summed E-state index contributed by atoms with van der Waals surface area (Å²) in [6, 6.07) is 16.1. The van der Waals surface area contributed by atoms with E-state index in [-0.39, 0.29) is 11.8 Å². The molecule has 142 valence electrons. The molecule has 0 aliphatic carbocycles. The smallest absolute Gasteiger partial charge is 0.253 e. The lowest BCUT2D eigenvalue weighted by Crippen LogP contribution is -2.46. The molecule has 5 nitrogen and oxygen atoms in total. The molecule has 0 spiro atoms. The molecule has 27 heavy (non-hydrogen) atoms. The zero-order chi connectivity index (χ0) is 19.2. The summed E-state index contributed by atoms with van der Waals surface area (Å²) in [6.45, 7) is 2.25. The number of hydrogen-bond donors (Lipinski definition) is 1. The van der Waals surface area contributed by atoms with Crippen molar-refractivity contribution in [2.75, 3.05) is 26.2 Å². The van der Waals surface area contributed by atoms with Gasteiger partial charge < -0.3 is 15.5 Å². The van der Waals surface area contributed by atoms with Crippen molar-refractivity contribution in [2.45, 2.75) is 18.9 Å². The molecule has 1 fully saturated rings. The molecule has 0 bridgehead atoms. The second kappa shape index (κ2) is 9.02. The van der Waals surface area contributed by atoms with Crippen molar-refractivity contribution in [1.82, 2.24) is 9.80 Å². The maximum absolute atomic E-state index is 12.7. The van der Waals surface area contributed by atoms with Gasteiger partial charge in [-0.3, -0.25) is 9.59 Å². The molecule has 1 heterocycles. The largest absolute Gasteiger partial charge is 0.339 e. The lowest BCUT2D eigenvalue weighted by molar-refractivity contribution is -0.132. The van der Waals surface area contributed by atoms with Crippen LogP contribution in [0.1, 0.15) is 22.3 Å². The fourth-order valence-corrected chi connectivity index (χ4v) is 3.43. The second-order valence-corrected chi connectivity index (χ2v) is 7.21. The Bertz CT molecular complexity index is 780. The van der Waals surface area contributed by atoms with E-state index < -0.39 is 6.04 Å². The van der Waals surface area contributed by atoms with Crippen LogP contribution in [-0.4, -0.2) is 53.8 Å². The third-order valence-corrected chi connectivity index (χ3v) is 5.05. The summed E-state index contributed by atoms with van der Waals surface area (Å²) >= 11 is 5.89. The molecule has 1 aliphatic rings. The van der Waals surface area contributed by atoms with Crippen molar-refractivity contribution in [3.8, 4) is 0 Å². The van der Waals surface area contributed by atoms with Gasteiger partial charge in [-0.15, -0.1) is 0 Å². The van der Waals surface area contributed by atoms with Gasteiger partial charge in [-0.05, 0) is 42.7 Å². The topological polar surface area (TPSA) is 66.6 Å². The van der Waals surface area contributed by atoms with Crippen LogP contribution in [0.4, 0.5) is 0 Å². The molecular weight excluding hydrogens is 362 g/mol. The molecule has 0 unspecified atom stereocenters. The van der Waals surface area contributed by atoms with E-state index >= 15 is 0 Å². The predicted molar refractivity (Wildman–Crippen MR) is 107 cm³/mol. The van der Waals surface area contributed by atoms with Gasteiger partial charge in [0.25, 0.3) is 5.91 Å². The normalized spacial score (nSPS) is 15.9. The van der Waals surface area contributed by atoms with Gasteiger partial charge >= 0.3 is 0 Å². The summed E-state index contributed by atoms with van der Waals surface area (Å²) < 4.78 is 0. The number of carbonyl (C=O) groups is 2. The zero-order valence-corrected chi connectivity index (χ0v) is 15.9. The van der Waals surface area contributed by atoms with Crippen molar-refractivity contribution in [3.05, 3.63) is 70.7 Å². The van der Waals surface area contributed by atoms with Gasteiger partial charge in [0.2, 0.25) is 5.91 Å². The molecular formula is C21H24ClN3O2. The first kappa shape index (κ1) is 19.4. The Morgan fingerprint density at radius 1 is 0.926 bits per heavy atom. The Kier molecular flexibility index (Phi) is 6.48. The van der Waals surface area contributed by atoms with E-state index in [0.717, 1.165) is 12.0 Å². The highest BCUT2D eigenvalue weighted by Crippen LogP contribution is 2.14. The van der Waals surface area contributed by atoms with E-state index in [1.165, 1.54) is 0 Å². The van der Waals surface area contributed by atoms with Crippen LogP contribution in [0, 0.1) is 0 Å². The van der Waals surface area contributed by atoms with Crippen molar-refractivity contribution in [1.29, 1.82) is 0 Å². The molecule has 6 heteroatoms. The maximum atomic E-state index is 12.7. The van der Waals surface area contributed by atoms with Gasteiger partial charge in [0.1, 0.15) is 0 Å². The summed E-state index contributed by atoms with van der Waals surface area (Å²) in [5.74, 6) is -0.0887. The maximum Gasteiger partial charge on any atom is 0.253 e. The minimum absolute atomic E-state index is 0.0328. The summed E-state index contributed by atoms with van der Waals surface area (Å²) in [7, 11) is 0. The average molecular weight is 386 g/mol. The summed E-state index contributed by atoms with van der Waals surface area (Å²) in [4.78, 5) is 29.0. The van der Waals surface area contributed by atoms with Gasteiger partial charge in [-0.1, -0.05) is 41.9 Å². The van der Waals surface area contributed by atoms with Crippen LogP contribution in [0.2, 0.25) is 5.02 Å². The number of benzene rings is 2. The number of nitrogens with two attached hydrogens (primary N) is 1. The monoisotopic (exact) mass is 385 g/mol. The Morgan fingerprint density at radius 2 is 1.56 bits per heavy atom. The van der Waals surface area contributed by atoms with Gasteiger partial charge in [-0.2, -0.15) is 0 Å². The fraction of sp³-hybridized carbons (Fsp3) is 0.333. The molecule has 1 atom stereocenters. The standard InChI is InChI=1S/C21H24ClN3O2/c22-18-9-7-17(8-10-18)20(26)24-11-4-12-25(14-13-24)21(27)19(23)15-16-5-2-1-3-6-16/h1-3,5-10,19H,4,11-15,23H2/t19-/m0/s1. The van der Waals surface area contributed by atoms with Gasteiger partial charge in [0.05, 0.1) is 6.04 Å². The molecule has 0 radical (unpaired) electrons. The van der Waals surface area contributed by atoms with Crippen LogP contribution in [0.3, 0.4) is 0 Å². The first-order valence-electron chi connectivity index (χ1n) is 9.18. The number of halogens is 1. The highest BCUT2D eigenvalue weighted by Gasteiger charge is 2.26. The van der Waals surface area contributed by atoms with Crippen molar-refractivity contribution >= 4 is 23.4 Å². The van der Waals surface area contributed by atoms with Gasteiger partial charge in [0.15, 0.2) is 0 Å². The Balaban J connectivity index is 1.58. The highest BCUT2D eigenvalue weighted by molar-refractivity contribution is 6.30. The third-order valence-electron chi connectivity index (χ3n) is 4.80. The molecule has 1 saturated heterocycles. The highest BCUT2D eigenvalue weighted by atomic mass is 35.5. The molecule has 2 amide bonds. The summed E-state index contributed by atoms with van der Waals surface area (Å²) in [5.41, 5.74) is 7.81. The third kappa shape index (κ3) is 5.08. The molecule has 0 aromatic heterocycles. The van der Waals surface area contributed by atoms with Gasteiger partial charge in [0, 0.05) is 36.8 Å². The molecule has 1 aliphatic heterocycles. The lowest BCUT2D eigenvalue weighted by atomic mass is 10.1. The van der Waals surface area contributed by atoms with Crippen LogP contribution in [0.5, 0.6) is 0 Å². The Hall–Kier alpha value is -2.37. The minimum atomic E-state index is -0.564. The van der Waals surface area contributed by atoms with Crippen LogP contribution >= 0.6 is 11.6 Å². The van der Waals surface area contributed by atoms with Crippen molar-refractivity contribution in [2.24, 2.45) is 5.73 Å². The number of rotatable bonds is 4. The summed E-state index contributed by atoms with van der Waals surface area (Å²) in [5, 5.41) is 0.603. The predicted octanol–water partition coefficient (Wildman–Crippen LogP) is 2.58. The Labute approximate surface area is 164 Å². The molecule has 3 rings (SSSR count). The number of hydrogen-bond acceptors (Lipinski definition) is 3. The van der Waals surface area contributed by atoms with Crippen molar-refractivity contribution < 1.29 is 9.59 Å². The van der Waals surface area contributed by atoms with Gasteiger partial charge in [-0.25, -0.2) is 0 Å². The number of nitrogens with zero attached hydrogens (tertiary/aromatic N) is 2. The SMILES string of the molecule is N[C@@H](Cc1ccccc1)C(=O)N1CCCN(C(=O)c2ccc(Cl)cc2)CC1. The molecule has 2 aromatic carbocycles. The molecule has 2 N–H and O–H groups in total. The van der Waals surface area contributed by atoms with Crippen LogP contribution in [0.15, 0.2) is 54.6 Å². The van der Waals surface area contributed by atoms with E-state index in [1.807, 2.05) is 30.3 Å². The fourth-order valence-electron chi connectivity index (χ4n) is 3.31. The van der Waals surface area contributed by atoms with E-state index in [4.69, 9.17) is 17.3 Å². The number of carbonyl (C=O) groups excluding carboxylic acids is 2. The first-order chi connectivity index (χ1) is 13.0. The van der Waals surface area contributed by atoms with E-state index in [9.17, 15) is 9.59 Å². The van der Waals surface area contributed by atoms with E-state index in [0.29, 0.717) is 43.2 Å². The zero-order valence-electron chi connectivity index (χ0n) is 15.2. The molecule has 0 saturated carbocycles. The van der Waals surface area contributed by atoms with E-state index in [1.54, 1.807) is 34.1 Å². The Morgan fingerprint density at radius 3 is 2.26 bits per heavy atom.